The molecule has 1 nitrogen and oxygen atoms in total. The maximum atomic E-state index is 6.29. The highest BCUT2D eigenvalue weighted by atomic mass is 14.9. The van der Waals surface area contributed by atoms with Crippen molar-refractivity contribution in [2.24, 2.45) is 0 Å². The Labute approximate surface area is 186 Å². The first-order valence-electron chi connectivity index (χ1n) is 9.25. The zero-order valence-corrected chi connectivity index (χ0v) is 16.2. The van der Waals surface area contributed by atoms with Crippen LogP contribution in [-0.4, -0.2) is 54.9 Å². The molecule has 14 radical (unpaired) electrons. The van der Waals surface area contributed by atoms with Gasteiger partial charge < -0.3 is 5.32 Å². The molecule has 0 aromatic heterocycles. The van der Waals surface area contributed by atoms with Crippen LogP contribution in [0, 0.1) is 0 Å². The van der Waals surface area contributed by atoms with Crippen LogP contribution in [-0.2, 0) is 0 Å². The average Bonchev–Trinajstić information content (AvgIpc) is 2.77. The fourth-order valence-electron chi connectivity index (χ4n) is 3.57. The molecule has 0 amide bonds. The molecular formula is C22H10B7N. The van der Waals surface area contributed by atoms with Gasteiger partial charge >= 0.3 is 0 Å². The smallest absolute Gasteiger partial charge is 0.115 e. The Balaban J connectivity index is 1.87. The van der Waals surface area contributed by atoms with E-state index in [0.29, 0.717) is 16.5 Å². The van der Waals surface area contributed by atoms with Crippen LogP contribution in [0.3, 0.4) is 0 Å². The standard InChI is InChI=1S/C22H10B7N/c23-15-13-14(17(25)19(27)18(15)26)22(21(29)20(28)16(13)24)30-12-8-6-11(7-9-12)10-4-2-1-3-5-10/h1-9,30H. The number of benzene rings is 4. The summed E-state index contributed by atoms with van der Waals surface area (Å²) in [7, 11) is 43.2. The van der Waals surface area contributed by atoms with E-state index in [1.165, 1.54) is 0 Å². The van der Waals surface area contributed by atoms with Gasteiger partial charge in [0.15, 0.2) is 0 Å². The fraction of sp³-hybridized carbons (Fsp3) is 0. The minimum Gasteiger partial charge on any atom is -0.356 e. The van der Waals surface area contributed by atoms with Crippen LogP contribution < -0.4 is 43.6 Å². The Kier molecular flexibility index (Phi) is 5.45. The summed E-state index contributed by atoms with van der Waals surface area (Å²) in [6.45, 7) is 0. The third-order valence-corrected chi connectivity index (χ3v) is 5.29. The van der Waals surface area contributed by atoms with E-state index in [9.17, 15) is 0 Å². The predicted molar refractivity (Wildman–Crippen MR) is 137 cm³/mol. The maximum Gasteiger partial charge on any atom is 0.115 e. The van der Waals surface area contributed by atoms with E-state index < -0.39 is 0 Å². The van der Waals surface area contributed by atoms with Gasteiger partial charge in [-0.2, -0.15) is 0 Å². The predicted octanol–water partition coefficient (Wildman–Crippen LogP) is -2.19. The van der Waals surface area contributed by atoms with Crippen molar-refractivity contribution >= 4 is 115 Å². The van der Waals surface area contributed by atoms with E-state index in [2.05, 4.69) is 5.32 Å². The monoisotopic (exact) mass is 365 g/mol. The van der Waals surface area contributed by atoms with Crippen molar-refractivity contribution in [3.05, 3.63) is 54.6 Å². The molecule has 0 saturated carbocycles. The van der Waals surface area contributed by atoms with Crippen molar-refractivity contribution in [1.82, 2.24) is 0 Å². The van der Waals surface area contributed by atoms with Gasteiger partial charge in [-0.1, -0.05) is 64.3 Å². The molecule has 0 aliphatic carbocycles. The summed E-state index contributed by atoms with van der Waals surface area (Å²) in [6, 6.07) is 17.9. The maximum absolute atomic E-state index is 6.29. The summed E-state index contributed by atoms with van der Waals surface area (Å²) in [5.74, 6) is 0. The van der Waals surface area contributed by atoms with Gasteiger partial charge in [0.1, 0.15) is 54.9 Å². The summed E-state index contributed by atoms with van der Waals surface area (Å²) in [6.07, 6.45) is 0. The lowest BCUT2D eigenvalue weighted by Gasteiger charge is -2.25. The Hall–Kier alpha value is -2.61. The van der Waals surface area contributed by atoms with E-state index in [1.54, 1.807) is 0 Å². The molecule has 0 unspecified atom stereocenters. The quantitative estimate of drug-likeness (QED) is 0.408. The van der Waals surface area contributed by atoms with Gasteiger partial charge in [0, 0.05) is 11.4 Å². The van der Waals surface area contributed by atoms with Gasteiger partial charge in [0.25, 0.3) is 0 Å². The molecule has 124 valence electrons. The number of hydrogen-bond acceptors (Lipinski definition) is 1. The summed E-state index contributed by atoms with van der Waals surface area (Å²) in [5.41, 5.74) is 4.89. The fourth-order valence-corrected chi connectivity index (χ4v) is 3.57. The second-order valence-corrected chi connectivity index (χ2v) is 7.09. The Morgan fingerprint density at radius 3 is 1.47 bits per heavy atom. The summed E-state index contributed by atoms with van der Waals surface area (Å²) < 4.78 is 0. The van der Waals surface area contributed by atoms with E-state index in [0.717, 1.165) is 16.8 Å². The highest BCUT2D eigenvalue weighted by Crippen LogP contribution is 2.24. The van der Waals surface area contributed by atoms with Gasteiger partial charge in [0.05, 0.1) is 0 Å². The lowest BCUT2D eigenvalue weighted by Crippen LogP contribution is -2.52. The van der Waals surface area contributed by atoms with Crippen molar-refractivity contribution in [2.45, 2.75) is 0 Å². The zero-order valence-electron chi connectivity index (χ0n) is 16.2. The number of anilines is 2. The van der Waals surface area contributed by atoms with Gasteiger partial charge in [0.2, 0.25) is 0 Å². The first-order valence-corrected chi connectivity index (χ1v) is 9.25. The second kappa shape index (κ2) is 7.91. The van der Waals surface area contributed by atoms with E-state index in [4.69, 9.17) is 54.9 Å². The van der Waals surface area contributed by atoms with Crippen LogP contribution in [0.4, 0.5) is 11.4 Å². The molecule has 4 aromatic carbocycles. The van der Waals surface area contributed by atoms with Crippen molar-refractivity contribution in [3.8, 4) is 11.1 Å². The topological polar surface area (TPSA) is 12.0 Å². The zero-order chi connectivity index (χ0) is 21.6. The average molecular weight is 364 g/mol. The van der Waals surface area contributed by atoms with Crippen LogP contribution in [0.5, 0.6) is 0 Å². The second-order valence-electron chi connectivity index (χ2n) is 7.09. The lowest BCUT2D eigenvalue weighted by atomic mass is 9.60. The molecular weight excluding hydrogens is 354 g/mol. The molecule has 0 fully saturated rings. The lowest BCUT2D eigenvalue weighted by molar-refractivity contribution is 1.58. The summed E-state index contributed by atoms with van der Waals surface area (Å²) in [5, 5.41) is 4.19. The molecule has 0 aliphatic heterocycles. The molecule has 1 N–H and O–H groups in total. The number of nitrogens with one attached hydrogen (secondary N) is 1. The van der Waals surface area contributed by atoms with Gasteiger partial charge in [-0.05, 0) is 34.0 Å². The highest BCUT2D eigenvalue weighted by Gasteiger charge is 2.17. The molecule has 0 atom stereocenters. The van der Waals surface area contributed by atoms with Crippen molar-refractivity contribution in [2.75, 3.05) is 5.32 Å². The Morgan fingerprint density at radius 2 is 0.900 bits per heavy atom. The minimum atomic E-state index is 0.161. The number of fused-ring (bicyclic) bond motifs is 1. The molecule has 8 heteroatoms. The molecule has 0 spiro atoms. The highest BCUT2D eigenvalue weighted by molar-refractivity contribution is 6.71. The van der Waals surface area contributed by atoms with Gasteiger partial charge in [-0.15, -0.1) is 16.4 Å². The Bertz CT molecular complexity index is 1260. The van der Waals surface area contributed by atoms with Crippen molar-refractivity contribution in [3.63, 3.8) is 0 Å². The van der Waals surface area contributed by atoms with Gasteiger partial charge in [-0.3, -0.25) is 0 Å². The first-order chi connectivity index (χ1) is 14.3. The third kappa shape index (κ3) is 3.33. The summed E-state index contributed by atoms with van der Waals surface area (Å²) >= 11 is 0. The molecule has 4 rings (SSSR count). The molecule has 0 bridgehead atoms. The van der Waals surface area contributed by atoms with Gasteiger partial charge in [-0.25, -0.2) is 0 Å². The summed E-state index contributed by atoms with van der Waals surface area (Å²) in [4.78, 5) is 0. The van der Waals surface area contributed by atoms with Crippen LogP contribution in [0.15, 0.2) is 54.6 Å². The molecule has 30 heavy (non-hydrogen) atoms. The third-order valence-electron chi connectivity index (χ3n) is 5.29. The number of rotatable bonds is 3. The van der Waals surface area contributed by atoms with Crippen LogP contribution in [0.2, 0.25) is 0 Å². The largest absolute Gasteiger partial charge is 0.356 e. The first kappa shape index (κ1) is 20.7. The molecule has 0 aliphatic rings. The van der Waals surface area contributed by atoms with Crippen LogP contribution in [0.25, 0.3) is 21.9 Å². The number of hydrogen-bond donors (Lipinski definition) is 1. The minimum absolute atomic E-state index is 0.161. The van der Waals surface area contributed by atoms with Crippen LogP contribution in [0.1, 0.15) is 0 Å². The van der Waals surface area contributed by atoms with Crippen LogP contribution >= 0.6 is 0 Å². The molecule has 0 saturated heterocycles. The Morgan fingerprint density at radius 1 is 0.433 bits per heavy atom. The molecule has 4 aromatic rings. The normalized spacial score (nSPS) is 10.9. The molecule has 0 heterocycles. The van der Waals surface area contributed by atoms with E-state index in [1.807, 2.05) is 54.6 Å². The van der Waals surface area contributed by atoms with Crippen molar-refractivity contribution in [1.29, 1.82) is 0 Å². The van der Waals surface area contributed by atoms with E-state index >= 15 is 0 Å². The van der Waals surface area contributed by atoms with E-state index in [-0.39, 0.29) is 38.2 Å². The SMILES string of the molecule is [B]c1c([B])c([B])c2c(Nc3ccc(-c4ccccc4)cc3)c([B])c([B])c([B])c2c1[B]. The van der Waals surface area contributed by atoms with Crippen molar-refractivity contribution < 1.29 is 0 Å².